The van der Waals surface area contributed by atoms with E-state index in [1.165, 1.54) is 22.6 Å². The van der Waals surface area contributed by atoms with E-state index in [-0.39, 0.29) is 6.10 Å². The van der Waals surface area contributed by atoms with Crippen LogP contribution in [0.15, 0.2) is 29.2 Å². The number of hydrogen-bond donors (Lipinski definition) is 2. The lowest BCUT2D eigenvalue weighted by atomic mass is 9.95. The van der Waals surface area contributed by atoms with Crippen LogP contribution in [0, 0.1) is 0 Å². The van der Waals surface area contributed by atoms with Gasteiger partial charge in [0.25, 0.3) is 0 Å². The molecule has 0 aliphatic rings. The molecule has 0 fully saturated rings. The molecule has 0 amide bonds. The average Bonchev–Trinajstić information content (AvgIpc) is 2.36. The van der Waals surface area contributed by atoms with Crippen molar-refractivity contribution in [2.24, 2.45) is 5.73 Å². The van der Waals surface area contributed by atoms with E-state index in [0.717, 1.165) is 6.42 Å². The quantitative estimate of drug-likeness (QED) is 0.734. The Morgan fingerprint density at radius 3 is 2.47 bits per heavy atom. The molecular weight excluding hydrogens is 230 g/mol. The van der Waals surface area contributed by atoms with E-state index in [2.05, 4.69) is 38.1 Å². The van der Waals surface area contributed by atoms with Crippen LogP contribution in [-0.4, -0.2) is 23.5 Å². The van der Waals surface area contributed by atoms with Crippen LogP contribution >= 0.6 is 11.8 Å². The Labute approximate surface area is 109 Å². The predicted molar refractivity (Wildman–Crippen MR) is 75.6 cm³/mol. The highest BCUT2D eigenvalue weighted by molar-refractivity contribution is 7.99. The van der Waals surface area contributed by atoms with Gasteiger partial charge in [0.1, 0.15) is 0 Å². The first-order valence-electron chi connectivity index (χ1n) is 6.28. The molecular formula is C14H23NOS. The Hall–Kier alpha value is -0.510. The number of hydrogen-bond acceptors (Lipinski definition) is 3. The van der Waals surface area contributed by atoms with Crippen molar-refractivity contribution in [2.45, 2.75) is 43.6 Å². The van der Waals surface area contributed by atoms with Gasteiger partial charge in [-0.1, -0.05) is 26.0 Å². The second-order valence-electron chi connectivity index (χ2n) is 4.44. The van der Waals surface area contributed by atoms with Crippen LogP contribution in [0.1, 0.15) is 38.2 Å². The van der Waals surface area contributed by atoms with Crippen LogP contribution in [0.2, 0.25) is 0 Å². The molecule has 0 aliphatic heterocycles. The molecule has 96 valence electrons. The molecule has 3 N–H and O–H groups in total. The van der Waals surface area contributed by atoms with E-state index in [4.69, 9.17) is 5.73 Å². The molecule has 1 rings (SSSR count). The summed E-state index contributed by atoms with van der Waals surface area (Å²) in [4.78, 5) is 1.32. The van der Waals surface area contributed by atoms with Crippen LogP contribution in [0.4, 0.5) is 0 Å². The van der Waals surface area contributed by atoms with Crippen LogP contribution in [-0.2, 0) is 0 Å². The molecule has 0 saturated heterocycles. The lowest BCUT2D eigenvalue weighted by Crippen LogP contribution is -2.21. The smallest absolute Gasteiger partial charge is 0.0668 e. The van der Waals surface area contributed by atoms with Crippen LogP contribution in [0.5, 0.6) is 0 Å². The highest BCUT2D eigenvalue weighted by atomic mass is 32.2. The lowest BCUT2D eigenvalue weighted by Gasteiger charge is -2.15. The summed E-state index contributed by atoms with van der Waals surface area (Å²) in [5.74, 6) is 1.53. The number of nitrogens with two attached hydrogens (primary N) is 1. The van der Waals surface area contributed by atoms with Gasteiger partial charge < -0.3 is 10.8 Å². The zero-order valence-corrected chi connectivity index (χ0v) is 11.5. The van der Waals surface area contributed by atoms with Gasteiger partial charge in [0.2, 0.25) is 0 Å². The van der Waals surface area contributed by atoms with Gasteiger partial charge in [-0.15, -0.1) is 11.8 Å². The third-order valence-corrected chi connectivity index (χ3v) is 4.04. The number of thioether (sulfide) groups is 1. The van der Waals surface area contributed by atoms with E-state index < -0.39 is 0 Å². The summed E-state index contributed by atoms with van der Waals surface area (Å²) < 4.78 is 0. The molecule has 2 atom stereocenters. The molecule has 3 heteroatoms. The Bertz CT molecular complexity index is 313. The largest absolute Gasteiger partial charge is 0.392 e. The van der Waals surface area contributed by atoms with Crippen LogP contribution in [0.25, 0.3) is 0 Å². The third-order valence-electron chi connectivity index (χ3n) is 2.82. The summed E-state index contributed by atoms with van der Waals surface area (Å²) in [6, 6.07) is 8.65. The first-order chi connectivity index (χ1) is 8.17. The minimum Gasteiger partial charge on any atom is -0.392 e. The molecule has 0 bridgehead atoms. The highest BCUT2D eigenvalue weighted by Crippen LogP contribution is 2.24. The van der Waals surface area contributed by atoms with Crippen molar-refractivity contribution in [1.29, 1.82) is 0 Å². The Kier molecular flexibility index (Phi) is 6.63. The van der Waals surface area contributed by atoms with Gasteiger partial charge in [0, 0.05) is 11.4 Å². The van der Waals surface area contributed by atoms with Crippen molar-refractivity contribution in [3.05, 3.63) is 29.8 Å². The van der Waals surface area contributed by atoms with Gasteiger partial charge in [-0.05, 0) is 42.2 Å². The van der Waals surface area contributed by atoms with Gasteiger partial charge in [0.05, 0.1) is 6.10 Å². The molecule has 0 aromatic heterocycles. The molecule has 0 saturated carbocycles. The fourth-order valence-corrected chi connectivity index (χ4v) is 2.52. The monoisotopic (exact) mass is 253 g/mol. The highest BCUT2D eigenvalue weighted by Gasteiger charge is 2.10. The van der Waals surface area contributed by atoms with Crippen molar-refractivity contribution < 1.29 is 5.11 Å². The Balaban J connectivity index is 2.54. The molecule has 2 nitrogen and oxygen atoms in total. The third kappa shape index (κ3) is 5.11. The zero-order chi connectivity index (χ0) is 12.7. The van der Waals surface area contributed by atoms with Gasteiger partial charge in [-0.2, -0.15) is 0 Å². The van der Waals surface area contributed by atoms with Gasteiger partial charge in [0.15, 0.2) is 0 Å². The number of aliphatic hydroxyl groups is 1. The van der Waals surface area contributed by atoms with Crippen molar-refractivity contribution in [2.75, 3.05) is 12.3 Å². The second-order valence-corrected chi connectivity index (χ2v) is 5.61. The van der Waals surface area contributed by atoms with Crippen molar-refractivity contribution in [3.8, 4) is 0 Å². The van der Waals surface area contributed by atoms with Crippen molar-refractivity contribution in [3.63, 3.8) is 0 Å². The molecule has 0 heterocycles. The maximum absolute atomic E-state index is 9.53. The molecule has 17 heavy (non-hydrogen) atoms. The van der Waals surface area contributed by atoms with Gasteiger partial charge >= 0.3 is 0 Å². The first-order valence-corrected chi connectivity index (χ1v) is 7.26. The van der Waals surface area contributed by atoms with Gasteiger partial charge in [-0.3, -0.25) is 0 Å². The summed E-state index contributed by atoms with van der Waals surface area (Å²) in [5, 5.41) is 9.53. The molecule has 0 radical (unpaired) electrons. The second kappa shape index (κ2) is 7.75. The first kappa shape index (κ1) is 14.6. The fraction of sp³-hybridized carbons (Fsp3) is 0.571. The lowest BCUT2D eigenvalue weighted by molar-refractivity contribution is 0.165. The number of rotatable bonds is 7. The van der Waals surface area contributed by atoms with Gasteiger partial charge in [-0.25, -0.2) is 0 Å². The van der Waals surface area contributed by atoms with Crippen molar-refractivity contribution in [1.82, 2.24) is 0 Å². The molecule has 2 unspecified atom stereocenters. The Morgan fingerprint density at radius 1 is 1.29 bits per heavy atom. The van der Waals surface area contributed by atoms with Crippen LogP contribution < -0.4 is 5.73 Å². The maximum atomic E-state index is 9.53. The van der Waals surface area contributed by atoms with E-state index in [0.29, 0.717) is 12.5 Å². The molecule has 1 aromatic carbocycles. The summed E-state index contributed by atoms with van der Waals surface area (Å²) in [6.45, 7) is 4.67. The number of benzene rings is 1. The predicted octanol–water partition coefficient (Wildman–Crippen LogP) is 3.00. The molecule has 0 spiro atoms. The van der Waals surface area contributed by atoms with E-state index in [1.807, 2.05) is 11.8 Å². The molecule has 1 aromatic rings. The summed E-state index contributed by atoms with van der Waals surface area (Å²) in [5.41, 5.74) is 6.70. The normalized spacial score (nSPS) is 14.6. The summed E-state index contributed by atoms with van der Waals surface area (Å²) in [7, 11) is 0. The average molecular weight is 253 g/mol. The minimum atomic E-state index is -0.390. The topological polar surface area (TPSA) is 46.2 Å². The standard InChI is InChI=1S/C14H23NOS/c1-3-8-17-14-6-4-12(5-7-14)11(2)9-13(16)10-15/h4-7,11,13,16H,3,8-10,15H2,1-2H3. The summed E-state index contributed by atoms with van der Waals surface area (Å²) >= 11 is 1.89. The van der Waals surface area contributed by atoms with Crippen molar-refractivity contribution >= 4 is 11.8 Å². The van der Waals surface area contributed by atoms with E-state index >= 15 is 0 Å². The van der Waals surface area contributed by atoms with Crippen LogP contribution in [0.3, 0.4) is 0 Å². The van der Waals surface area contributed by atoms with E-state index in [9.17, 15) is 5.11 Å². The zero-order valence-electron chi connectivity index (χ0n) is 10.7. The number of aliphatic hydroxyl groups excluding tert-OH is 1. The summed E-state index contributed by atoms with van der Waals surface area (Å²) in [6.07, 6.45) is 1.54. The minimum absolute atomic E-state index is 0.342. The fourth-order valence-electron chi connectivity index (χ4n) is 1.75. The Morgan fingerprint density at radius 2 is 1.94 bits per heavy atom. The van der Waals surface area contributed by atoms with E-state index in [1.54, 1.807) is 0 Å². The maximum Gasteiger partial charge on any atom is 0.0668 e. The molecule has 0 aliphatic carbocycles. The SMILES string of the molecule is CCCSc1ccc(C(C)CC(O)CN)cc1.